The summed E-state index contributed by atoms with van der Waals surface area (Å²) in [6, 6.07) is 4.92. The third-order valence-electron chi connectivity index (χ3n) is 3.31. The monoisotopic (exact) mass is 350 g/mol. The molecule has 0 saturated heterocycles. The Hall–Kier alpha value is 0.110. The Morgan fingerprint density at radius 2 is 2.00 bits per heavy atom. The van der Waals surface area contributed by atoms with Crippen LogP contribution in [0, 0.1) is 17.2 Å². The van der Waals surface area contributed by atoms with Crippen LogP contribution in [0.5, 0.6) is 0 Å². The maximum atomic E-state index is 13.0. The lowest BCUT2D eigenvalue weighted by Crippen LogP contribution is -2.28. The van der Waals surface area contributed by atoms with Gasteiger partial charge in [0.25, 0.3) is 0 Å². The molecule has 0 saturated carbocycles. The molecule has 90 valence electrons. The lowest BCUT2D eigenvalue weighted by molar-refractivity contribution is 0.257. The third-order valence-corrected chi connectivity index (χ3v) is 5.33. The summed E-state index contributed by atoms with van der Waals surface area (Å²) in [5.41, 5.74) is 1.36. The summed E-state index contributed by atoms with van der Waals surface area (Å²) in [6.45, 7) is 6.69. The molecule has 0 bridgehead atoms. The summed E-state index contributed by atoms with van der Waals surface area (Å²) >= 11 is 7.00. The van der Waals surface area contributed by atoms with Gasteiger partial charge in [-0.3, -0.25) is 0 Å². The molecule has 3 heteroatoms. The van der Waals surface area contributed by atoms with Gasteiger partial charge in [0.2, 0.25) is 0 Å². The molecule has 0 fully saturated rings. The van der Waals surface area contributed by atoms with E-state index in [0.29, 0.717) is 5.92 Å². The fraction of sp³-hybridized carbons (Fsp3) is 0.538. The first kappa shape index (κ1) is 14.2. The van der Waals surface area contributed by atoms with Crippen molar-refractivity contribution in [1.82, 2.24) is 0 Å². The zero-order valence-electron chi connectivity index (χ0n) is 9.86. The van der Waals surface area contributed by atoms with E-state index in [0.717, 1.165) is 21.8 Å². The second kappa shape index (κ2) is 5.63. The summed E-state index contributed by atoms with van der Waals surface area (Å²) in [4.78, 5) is 0. The largest absolute Gasteiger partial charge is 0.207 e. The van der Waals surface area contributed by atoms with Gasteiger partial charge >= 0.3 is 0 Å². The summed E-state index contributed by atoms with van der Waals surface area (Å²) in [5.74, 6) is 0.379. The molecule has 0 aromatic heterocycles. The number of hydrogen-bond acceptors (Lipinski definition) is 0. The SMILES string of the molecule is CC(C)C(C)(CBr)Cc1ccc(F)cc1Br. The molecule has 1 aromatic carbocycles. The second-order valence-electron chi connectivity index (χ2n) is 4.85. The molecule has 1 atom stereocenters. The van der Waals surface area contributed by atoms with Crippen LogP contribution in [0.3, 0.4) is 0 Å². The minimum Gasteiger partial charge on any atom is -0.207 e. The van der Waals surface area contributed by atoms with Gasteiger partial charge in [0.15, 0.2) is 0 Å². The molecule has 0 nitrogen and oxygen atoms in total. The van der Waals surface area contributed by atoms with Gasteiger partial charge in [0.1, 0.15) is 5.82 Å². The van der Waals surface area contributed by atoms with Crippen LogP contribution < -0.4 is 0 Å². The van der Waals surface area contributed by atoms with E-state index in [9.17, 15) is 4.39 Å². The van der Waals surface area contributed by atoms with Crippen LogP contribution in [0.1, 0.15) is 26.3 Å². The van der Waals surface area contributed by atoms with E-state index in [-0.39, 0.29) is 11.2 Å². The lowest BCUT2D eigenvalue weighted by Gasteiger charge is -2.32. The van der Waals surface area contributed by atoms with Gasteiger partial charge in [-0.05, 0) is 35.4 Å². The predicted octanol–water partition coefficient (Wildman–Crippen LogP) is 5.19. The highest BCUT2D eigenvalue weighted by atomic mass is 79.9. The molecule has 16 heavy (non-hydrogen) atoms. The van der Waals surface area contributed by atoms with Gasteiger partial charge in [-0.2, -0.15) is 0 Å². The molecule has 0 radical (unpaired) electrons. The average Bonchev–Trinajstić information content (AvgIpc) is 2.22. The van der Waals surface area contributed by atoms with Crippen molar-refractivity contribution < 1.29 is 4.39 Å². The Labute approximate surface area is 114 Å². The highest BCUT2D eigenvalue weighted by molar-refractivity contribution is 9.10. The molecule has 1 aromatic rings. The average molecular weight is 352 g/mol. The van der Waals surface area contributed by atoms with E-state index < -0.39 is 0 Å². The van der Waals surface area contributed by atoms with Gasteiger partial charge in [-0.1, -0.05) is 58.7 Å². The fourth-order valence-corrected chi connectivity index (χ4v) is 2.84. The summed E-state index contributed by atoms with van der Waals surface area (Å²) in [7, 11) is 0. The van der Waals surface area contributed by atoms with E-state index in [2.05, 4.69) is 52.6 Å². The number of halogens is 3. The van der Waals surface area contributed by atoms with Crippen molar-refractivity contribution in [1.29, 1.82) is 0 Å². The summed E-state index contributed by atoms with van der Waals surface area (Å²) in [6.07, 6.45) is 0.941. The third kappa shape index (κ3) is 3.30. The first-order valence-electron chi connectivity index (χ1n) is 5.39. The molecule has 1 unspecified atom stereocenters. The van der Waals surface area contributed by atoms with Gasteiger partial charge in [-0.15, -0.1) is 0 Å². The standard InChI is InChI=1S/C13H17Br2F/c1-9(2)13(3,8-14)7-10-4-5-11(16)6-12(10)15/h4-6,9H,7-8H2,1-3H3. The molecule has 0 spiro atoms. The minimum absolute atomic E-state index is 0.194. The van der Waals surface area contributed by atoms with Gasteiger partial charge < -0.3 is 0 Å². The number of benzene rings is 1. The van der Waals surface area contributed by atoms with E-state index in [1.54, 1.807) is 0 Å². The second-order valence-corrected chi connectivity index (χ2v) is 6.27. The van der Waals surface area contributed by atoms with E-state index in [4.69, 9.17) is 0 Å². The van der Waals surface area contributed by atoms with Crippen molar-refractivity contribution in [2.45, 2.75) is 27.2 Å². The fourth-order valence-electron chi connectivity index (χ4n) is 1.51. The van der Waals surface area contributed by atoms with Crippen molar-refractivity contribution in [2.75, 3.05) is 5.33 Å². The lowest BCUT2D eigenvalue weighted by atomic mass is 9.76. The highest BCUT2D eigenvalue weighted by Gasteiger charge is 2.28. The quantitative estimate of drug-likeness (QED) is 0.655. The number of hydrogen-bond donors (Lipinski definition) is 0. The first-order chi connectivity index (χ1) is 7.39. The molecular weight excluding hydrogens is 335 g/mol. The smallest absolute Gasteiger partial charge is 0.124 e. The van der Waals surface area contributed by atoms with Crippen LogP contribution >= 0.6 is 31.9 Å². The topological polar surface area (TPSA) is 0 Å². The van der Waals surface area contributed by atoms with Crippen LogP contribution in [0.2, 0.25) is 0 Å². The van der Waals surface area contributed by atoms with Crippen molar-refractivity contribution in [3.63, 3.8) is 0 Å². The van der Waals surface area contributed by atoms with Crippen LogP contribution in [-0.4, -0.2) is 5.33 Å². The van der Waals surface area contributed by atoms with Crippen LogP contribution in [0.4, 0.5) is 4.39 Å². The molecule has 0 aliphatic rings. The van der Waals surface area contributed by atoms with Gasteiger partial charge in [0.05, 0.1) is 0 Å². The first-order valence-corrected chi connectivity index (χ1v) is 7.30. The zero-order chi connectivity index (χ0) is 12.3. The molecule has 0 aliphatic carbocycles. The number of rotatable bonds is 4. The number of alkyl halides is 1. The normalized spacial score (nSPS) is 15.2. The molecule has 0 N–H and O–H groups in total. The Morgan fingerprint density at radius 3 is 2.44 bits per heavy atom. The van der Waals surface area contributed by atoms with Gasteiger partial charge in [-0.25, -0.2) is 4.39 Å². The molecular formula is C13H17Br2F. The molecule has 0 heterocycles. The molecule has 0 aliphatic heterocycles. The predicted molar refractivity (Wildman–Crippen MR) is 74.5 cm³/mol. The van der Waals surface area contributed by atoms with E-state index in [1.165, 1.54) is 12.1 Å². The van der Waals surface area contributed by atoms with Crippen LogP contribution in [-0.2, 0) is 6.42 Å². The highest BCUT2D eigenvalue weighted by Crippen LogP contribution is 2.35. The van der Waals surface area contributed by atoms with Crippen molar-refractivity contribution in [3.05, 3.63) is 34.1 Å². The van der Waals surface area contributed by atoms with Gasteiger partial charge in [0, 0.05) is 9.80 Å². The Morgan fingerprint density at radius 1 is 1.38 bits per heavy atom. The molecule has 0 amide bonds. The van der Waals surface area contributed by atoms with Crippen molar-refractivity contribution >= 4 is 31.9 Å². The van der Waals surface area contributed by atoms with Crippen LogP contribution in [0.15, 0.2) is 22.7 Å². The summed E-state index contributed by atoms with van der Waals surface area (Å²) < 4.78 is 13.8. The molecule has 1 rings (SSSR count). The van der Waals surface area contributed by atoms with E-state index >= 15 is 0 Å². The Bertz CT molecular complexity index is 363. The maximum absolute atomic E-state index is 13.0. The van der Waals surface area contributed by atoms with Crippen molar-refractivity contribution in [3.8, 4) is 0 Å². The minimum atomic E-state index is -0.194. The zero-order valence-corrected chi connectivity index (χ0v) is 13.0. The summed E-state index contributed by atoms with van der Waals surface area (Å²) in [5, 5.41) is 0.946. The van der Waals surface area contributed by atoms with E-state index in [1.807, 2.05) is 6.07 Å². The Balaban J connectivity index is 2.95. The maximum Gasteiger partial charge on any atom is 0.124 e. The van der Waals surface area contributed by atoms with Crippen molar-refractivity contribution in [2.24, 2.45) is 11.3 Å². The van der Waals surface area contributed by atoms with Crippen LogP contribution in [0.25, 0.3) is 0 Å². The Kier molecular flexibility index (Phi) is 4.99.